The van der Waals surface area contributed by atoms with Crippen molar-refractivity contribution in [3.05, 3.63) is 17.4 Å². The lowest BCUT2D eigenvalue weighted by Gasteiger charge is -2.20. The molecule has 72 valence electrons. The Balaban J connectivity index is 2.71. The number of hydrogen-bond acceptors (Lipinski definition) is 3. The predicted molar refractivity (Wildman–Crippen MR) is 55.2 cm³/mol. The number of rotatable bonds is 3. The van der Waals surface area contributed by atoms with Crippen molar-refractivity contribution in [3.8, 4) is 0 Å². The molecular weight excluding hydrogens is 186 g/mol. The lowest BCUT2D eigenvalue weighted by Crippen LogP contribution is -2.22. The Kier molecular flexibility index (Phi) is 3.48. The Morgan fingerprint density at radius 3 is 2.77 bits per heavy atom. The van der Waals surface area contributed by atoms with E-state index in [4.69, 9.17) is 11.6 Å². The van der Waals surface area contributed by atoms with Gasteiger partial charge in [-0.25, -0.2) is 0 Å². The summed E-state index contributed by atoms with van der Waals surface area (Å²) in [4.78, 5) is 2.12. The van der Waals surface area contributed by atoms with Crippen LogP contribution in [0, 0.1) is 5.92 Å². The summed E-state index contributed by atoms with van der Waals surface area (Å²) in [6.45, 7) is 5.33. The minimum Gasteiger partial charge on any atom is -0.373 e. The first-order valence-electron chi connectivity index (χ1n) is 4.29. The fraction of sp³-hybridized carbons (Fsp3) is 0.556. The van der Waals surface area contributed by atoms with Crippen LogP contribution in [0.3, 0.4) is 0 Å². The van der Waals surface area contributed by atoms with E-state index in [1.54, 1.807) is 6.20 Å². The number of hydrogen-bond donors (Lipinski definition) is 0. The molecule has 0 saturated carbocycles. The quantitative estimate of drug-likeness (QED) is 0.748. The van der Waals surface area contributed by atoms with Crippen LogP contribution in [0.1, 0.15) is 13.8 Å². The van der Waals surface area contributed by atoms with Crippen molar-refractivity contribution in [2.45, 2.75) is 13.8 Å². The van der Waals surface area contributed by atoms with Crippen molar-refractivity contribution < 1.29 is 0 Å². The first-order valence-corrected chi connectivity index (χ1v) is 4.66. The van der Waals surface area contributed by atoms with Crippen molar-refractivity contribution in [3.63, 3.8) is 0 Å². The zero-order valence-corrected chi connectivity index (χ0v) is 8.91. The number of halogens is 1. The molecule has 0 unspecified atom stereocenters. The van der Waals surface area contributed by atoms with Gasteiger partial charge in [-0.15, -0.1) is 5.10 Å². The summed E-state index contributed by atoms with van der Waals surface area (Å²) < 4.78 is 0. The third kappa shape index (κ3) is 3.19. The van der Waals surface area contributed by atoms with Gasteiger partial charge in [-0.05, 0) is 5.92 Å². The SMILES string of the molecule is CC(C)CN(C)c1cnnc(Cl)c1. The van der Waals surface area contributed by atoms with E-state index in [9.17, 15) is 0 Å². The molecule has 1 aromatic rings. The molecule has 0 atom stereocenters. The van der Waals surface area contributed by atoms with Gasteiger partial charge < -0.3 is 4.90 Å². The molecule has 1 aromatic heterocycles. The molecule has 0 fully saturated rings. The minimum absolute atomic E-state index is 0.438. The molecule has 0 amide bonds. The lowest BCUT2D eigenvalue weighted by atomic mass is 10.2. The molecule has 4 heteroatoms. The highest BCUT2D eigenvalue weighted by Gasteiger charge is 2.04. The Hall–Kier alpha value is -0.830. The Morgan fingerprint density at radius 2 is 2.23 bits per heavy atom. The molecule has 3 nitrogen and oxygen atoms in total. The van der Waals surface area contributed by atoms with Crippen LogP contribution in [0.4, 0.5) is 5.69 Å². The molecule has 1 heterocycles. The van der Waals surface area contributed by atoms with Crippen LogP contribution < -0.4 is 4.90 Å². The molecule has 0 bridgehead atoms. The van der Waals surface area contributed by atoms with Gasteiger partial charge in [0.15, 0.2) is 5.15 Å². The van der Waals surface area contributed by atoms with E-state index >= 15 is 0 Å². The summed E-state index contributed by atoms with van der Waals surface area (Å²) >= 11 is 5.73. The summed E-state index contributed by atoms with van der Waals surface area (Å²) in [5.74, 6) is 0.622. The van der Waals surface area contributed by atoms with Crippen LogP contribution in [0.2, 0.25) is 5.15 Å². The molecule has 0 saturated heterocycles. The van der Waals surface area contributed by atoms with Crippen LogP contribution in [-0.2, 0) is 0 Å². The summed E-state index contributed by atoms with van der Waals surface area (Å²) in [7, 11) is 2.02. The highest BCUT2D eigenvalue weighted by Crippen LogP contribution is 2.15. The second-order valence-electron chi connectivity index (χ2n) is 3.51. The van der Waals surface area contributed by atoms with Crippen LogP contribution in [0.15, 0.2) is 12.3 Å². The molecule has 0 aliphatic carbocycles. The maximum Gasteiger partial charge on any atom is 0.153 e. The third-order valence-corrected chi connectivity index (χ3v) is 1.87. The van der Waals surface area contributed by atoms with E-state index < -0.39 is 0 Å². The summed E-state index contributed by atoms with van der Waals surface area (Å²) in [6.07, 6.45) is 1.72. The van der Waals surface area contributed by atoms with Crippen molar-refractivity contribution in [2.24, 2.45) is 5.92 Å². The second kappa shape index (κ2) is 4.42. The Labute approximate surface area is 83.7 Å². The number of nitrogens with zero attached hydrogens (tertiary/aromatic N) is 3. The first-order chi connectivity index (χ1) is 6.09. The molecular formula is C9H14ClN3. The van der Waals surface area contributed by atoms with Crippen molar-refractivity contribution in [1.82, 2.24) is 10.2 Å². The van der Waals surface area contributed by atoms with Crippen molar-refractivity contribution in [1.29, 1.82) is 0 Å². The fourth-order valence-corrected chi connectivity index (χ4v) is 1.35. The van der Waals surface area contributed by atoms with Gasteiger partial charge in [0, 0.05) is 19.7 Å². The predicted octanol–water partition coefficient (Wildman–Crippen LogP) is 2.22. The topological polar surface area (TPSA) is 29.0 Å². The average molecular weight is 200 g/mol. The highest BCUT2D eigenvalue weighted by atomic mass is 35.5. The van der Waals surface area contributed by atoms with Gasteiger partial charge in [-0.2, -0.15) is 5.10 Å². The maximum absolute atomic E-state index is 5.73. The summed E-state index contributed by atoms with van der Waals surface area (Å²) in [5, 5.41) is 7.92. The van der Waals surface area contributed by atoms with E-state index in [1.807, 2.05) is 13.1 Å². The molecule has 0 spiro atoms. The van der Waals surface area contributed by atoms with Crippen molar-refractivity contribution in [2.75, 3.05) is 18.5 Å². The molecule has 0 radical (unpaired) electrons. The van der Waals surface area contributed by atoms with Crippen LogP contribution in [-0.4, -0.2) is 23.8 Å². The van der Waals surface area contributed by atoms with Gasteiger partial charge in [-0.3, -0.25) is 0 Å². The van der Waals surface area contributed by atoms with E-state index in [0.717, 1.165) is 12.2 Å². The van der Waals surface area contributed by atoms with E-state index in [0.29, 0.717) is 11.1 Å². The number of anilines is 1. The lowest BCUT2D eigenvalue weighted by molar-refractivity contribution is 0.637. The van der Waals surface area contributed by atoms with Gasteiger partial charge in [0.05, 0.1) is 11.9 Å². The minimum atomic E-state index is 0.438. The Morgan fingerprint density at radius 1 is 1.54 bits per heavy atom. The van der Waals surface area contributed by atoms with Gasteiger partial charge in [0.2, 0.25) is 0 Å². The molecule has 0 aliphatic heterocycles. The van der Waals surface area contributed by atoms with Crippen LogP contribution in [0.5, 0.6) is 0 Å². The zero-order valence-electron chi connectivity index (χ0n) is 8.16. The van der Waals surface area contributed by atoms with E-state index in [2.05, 4.69) is 28.9 Å². The normalized spacial score (nSPS) is 10.5. The summed E-state index contributed by atoms with van der Waals surface area (Å²) in [6, 6.07) is 1.82. The smallest absolute Gasteiger partial charge is 0.153 e. The fourth-order valence-electron chi connectivity index (χ4n) is 1.19. The average Bonchev–Trinajstić information content (AvgIpc) is 2.03. The molecule has 0 aromatic carbocycles. The van der Waals surface area contributed by atoms with Crippen LogP contribution in [0.25, 0.3) is 0 Å². The number of aromatic nitrogens is 2. The molecule has 1 rings (SSSR count). The second-order valence-corrected chi connectivity index (χ2v) is 3.90. The first kappa shape index (κ1) is 10.3. The zero-order chi connectivity index (χ0) is 9.84. The van der Waals surface area contributed by atoms with Crippen LogP contribution >= 0.6 is 11.6 Å². The Bertz CT molecular complexity index is 275. The summed E-state index contributed by atoms with van der Waals surface area (Å²) in [5.41, 5.74) is 1.01. The molecule has 0 aliphatic rings. The third-order valence-electron chi connectivity index (χ3n) is 1.69. The standard InChI is InChI=1S/C9H14ClN3/c1-7(2)6-13(3)8-4-9(10)12-11-5-8/h4-5,7H,6H2,1-3H3. The molecule has 13 heavy (non-hydrogen) atoms. The highest BCUT2D eigenvalue weighted by molar-refractivity contribution is 6.29. The largest absolute Gasteiger partial charge is 0.373 e. The van der Waals surface area contributed by atoms with E-state index in [-0.39, 0.29) is 0 Å². The van der Waals surface area contributed by atoms with Gasteiger partial charge in [-0.1, -0.05) is 25.4 Å². The van der Waals surface area contributed by atoms with Gasteiger partial charge in [0.1, 0.15) is 0 Å². The maximum atomic E-state index is 5.73. The van der Waals surface area contributed by atoms with E-state index in [1.165, 1.54) is 0 Å². The van der Waals surface area contributed by atoms with Gasteiger partial charge >= 0.3 is 0 Å². The van der Waals surface area contributed by atoms with Gasteiger partial charge in [0.25, 0.3) is 0 Å². The van der Waals surface area contributed by atoms with Crippen molar-refractivity contribution >= 4 is 17.3 Å². The molecule has 0 N–H and O–H groups in total. The monoisotopic (exact) mass is 199 g/mol.